The molecular formula is C26H34F6N2O3. The summed E-state index contributed by atoms with van der Waals surface area (Å²) in [4.78, 5) is 15.9. The van der Waals surface area contributed by atoms with E-state index in [0.29, 0.717) is 56.6 Å². The van der Waals surface area contributed by atoms with Gasteiger partial charge in [0.15, 0.2) is 0 Å². The molecule has 2 aliphatic heterocycles. The van der Waals surface area contributed by atoms with Gasteiger partial charge in [-0.15, -0.1) is 0 Å². The van der Waals surface area contributed by atoms with Crippen LogP contribution in [0.15, 0.2) is 18.2 Å². The molecule has 3 aliphatic rings. The van der Waals surface area contributed by atoms with Crippen molar-refractivity contribution in [1.29, 1.82) is 0 Å². The minimum atomic E-state index is -4.97. The molecule has 208 valence electrons. The predicted molar refractivity (Wildman–Crippen MR) is 123 cm³/mol. The van der Waals surface area contributed by atoms with Gasteiger partial charge < -0.3 is 15.2 Å². The molecule has 0 spiro atoms. The van der Waals surface area contributed by atoms with Crippen LogP contribution in [0.1, 0.15) is 69.1 Å². The summed E-state index contributed by atoms with van der Waals surface area (Å²) in [6.07, 6.45) is -5.53. The van der Waals surface area contributed by atoms with Crippen molar-refractivity contribution in [2.24, 2.45) is 11.3 Å². The summed E-state index contributed by atoms with van der Waals surface area (Å²) >= 11 is 0. The third-order valence-electron chi connectivity index (χ3n) is 8.51. The third kappa shape index (κ3) is 5.78. The van der Waals surface area contributed by atoms with E-state index in [1.807, 2.05) is 0 Å². The van der Waals surface area contributed by atoms with E-state index in [-0.39, 0.29) is 17.7 Å². The molecule has 4 atom stereocenters. The van der Waals surface area contributed by atoms with E-state index in [1.54, 1.807) is 0 Å². The van der Waals surface area contributed by atoms with Crippen LogP contribution in [0.5, 0.6) is 0 Å². The largest absolute Gasteiger partial charge is 0.416 e. The number of likely N-dealkylation sites (tertiary alicyclic amines) is 1. The Hall–Kier alpha value is -1.85. The van der Waals surface area contributed by atoms with Gasteiger partial charge in [0.1, 0.15) is 0 Å². The summed E-state index contributed by atoms with van der Waals surface area (Å²) in [7, 11) is 0. The van der Waals surface area contributed by atoms with Crippen molar-refractivity contribution in [2.45, 2.75) is 89.0 Å². The van der Waals surface area contributed by atoms with Crippen LogP contribution in [0, 0.1) is 11.3 Å². The Morgan fingerprint density at radius 3 is 2.32 bits per heavy atom. The van der Waals surface area contributed by atoms with Crippen molar-refractivity contribution in [3.8, 4) is 0 Å². The zero-order valence-electron chi connectivity index (χ0n) is 21.0. The standard InChI is InChI=1S/C26H34F6N2O3/c1-23(2,36)24(7-5-20(13-24)34-8-3-4-17-15-37-9-6-21(17)34)22(35)33-14-16-10-18(25(27,28)29)12-19(11-16)26(30,31)32/h10-12,17,20-21,36H,3-9,13-15H2,1-2H3,(H,33,35)/t17?,20-,21?,24-/m1/s1. The number of piperidine rings is 1. The van der Waals surface area contributed by atoms with Crippen LogP contribution in [0.2, 0.25) is 0 Å². The van der Waals surface area contributed by atoms with Gasteiger partial charge >= 0.3 is 12.4 Å². The maximum Gasteiger partial charge on any atom is 0.416 e. The molecule has 37 heavy (non-hydrogen) atoms. The number of carbonyl (C=O) groups excluding carboxylic acids is 1. The number of hydrogen-bond acceptors (Lipinski definition) is 4. The first-order valence-corrected chi connectivity index (χ1v) is 12.7. The van der Waals surface area contributed by atoms with Crippen LogP contribution in [0.4, 0.5) is 26.3 Å². The van der Waals surface area contributed by atoms with Crippen LogP contribution in [0.25, 0.3) is 0 Å². The molecule has 1 aromatic rings. The van der Waals surface area contributed by atoms with E-state index in [0.717, 1.165) is 25.8 Å². The number of benzene rings is 1. The topological polar surface area (TPSA) is 61.8 Å². The normalized spacial score (nSPS) is 29.7. The smallest absolute Gasteiger partial charge is 0.389 e. The van der Waals surface area contributed by atoms with Crippen molar-refractivity contribution in [1.82, 2.24) is 10.2 Å². The Kier molecular flexibility index (Phi) is 7.64. The molecule has 4 rings (SSSR count). The lowest BCUT2D eigenvalue weighted by Gasteiger charge is -2.47. The second-order valence-electron chi connectivity index (χ2n) is 11.2. The van der Waals surface area contributed by atoms with Crippen molar-refractivity contribution in [2.75, 3.05) is 19.8 Å². The Labute approximate surface area is 212 Å². The molecule has 0 radical (unpaired) electrons. The van der Waals surface area contributed by atoms with Gasteiger partial charge in [-0.05, 0) is 88.6 Å². The summed E-state index contributed by atoms with van der Waals surface area (Å²) in [5.74, 6) is -0.133. The van der Waals surface area contributed by atoms with Gasteiger partial charge in [-0.2, -0.15) is 26.3 Å². The van der Waals surface area contributed by atoms with Crippen molar-refractivity contribution in [3.05, 3.63) is 34.9 Å². The average Bonchev–Trinajstić information content (AvgIpc) is 3.28. The van der Waals surface area contributed by atoms with E-state index < -0.39 is 46.9 Å². The number of fused-ring (bicyclic) bond motifs is 1. The summed E-state index contributed by atoms with van der Waals surface area (Å²) in [5.41, 5.74) is -5.83. The highest BCUT2D eigenvalue weighted by Crippen LogP contribution is 2.50. The number of hydrogen-bond donors (Lipinski definition) is 2. The summed E-state index contributed by atoms with van der Waals surface area (Å²) in [6, 6.07) is 1.69. The number of halogens is 6. The summed E-state index contributed by atoms with van der Waals surface area (Å²) < 4.78 is 85.1. The predicted octanol–water partition coefficient (Wildman–Crippen LogP) is 5.15. The van der Waals surface area contributed by atoms with E-state index in [4.69, 9.17) is 4.74 Å². The molecule has 2 unspecified atom stereocenters. The molecule has 3 fully saturated rings. The van der Waals surface area contributed by atoms with Crippen molar-refractivity contribution < 1.29 is 41.0 Å². The van der Waals surface area contributed by atoms with Crippen molar-refractivity contribution >= 4 is 5.91 Å². The lowest BCUT2D eigenvalue weighted by atomic mass is 9.71. The SMILES string of the molecule is CC(C)(O)[C@]1(C(=O)NCc2cc(C(F)(F)F)cc(C(F)(F)F)c2)CC[C@@H](N2CCCC3COCCC32)C1. The number of ether oxygens (including phenoxy) is 1. The number of amides is 1. The first-order chi connectivity index (χ1) is 17.1. The fraction of sp³-hybridized carbons (Fsp3) is 0.731. The minimum absolute atomic E-state index is 0.0495. The molecule has 1 amide bonds. The molecule has 5 nitrogen and oxygen atoms in total. The maximum absolute atomic E-state index is 13.5. The van der Waals surface area contributed by atoms with E-state index in [1.165, 1.54) is 13.8 Å². The van der Waals surface area contributed by atoms with Crippen LogP contribution in [-0.4, -0.2) is 53.4 Å². The van der Waals surface area contributed by atoms with Crippen LogP contribution in [-0.2, 0) is 28.4 Å². The number of nitrogens with zero attached hydrogens (tertiary/aromatic N) is 1. The molecule has 1 aromatic carbocycles. The average molecular weight is 537 g/mol. The second kappa shape index (κ2) is 10.0. The fourth-order valence-electron chi connectivity index (χ4n) is 6.47. The number of carbonyl (C=O) groups is 1. The molecule has 11 heteroatoms. The highest BCUT2D eigenvalue weighted by atomic mass is 19.4. The lowest BCUT2D eigenvalue weighted by Crippen LogP contribution is -2.56. The van der Waals surface area contributed by atoms with Gasteiger partial charge in [-0.25, -0.2) is 0 Å². The Morgan fingerprint density at radius 2 is 1.73 bits per heavy atom. The quantitative estimate of drug-likeness (QED) is 0.511. The first kappa shape index (κ1) is 28.2. The van der Waals surface area contributed by atoms with Crippen LogP contribution < -0.4 is 5.32 Å². The molecule has 2 N–H and O–H groups in total. The fourth-order valence-corrected chi connectivity index (χ4v) is 6.47. The minimum Gasteiger partial charge on any atom is -0.389 e. The van der Waals surface area contributed by atoms with E-state index in [2.05, 4.69) is 10.2 Å². The third-order valence-corrected chi connectivity index (χ3v) is 8.51. The molecule has 0 aromatic heterocycles. The first-order valence-electron chi connectivity index (χ1n) is 12.7. The Morgan fingerprint density at radius 1 is 1.08 bits per heavy atom. The van der Waals surface area contributed by atoms with Crippen LogP contribution in [0.3, 0.4) is 0 Å². The lowest BCUT2D eigenvalue weighted by molar-refractivity contribution is -0.147. The number of rotatable bonds is 5. The molecule has 2 heterocycles. The molecule has 1 saturated carbocycles. The second-order valence-corrected chi connectivity index (χ2v) is 11.2. The number of nitrogens with one attached hydrogen (secondary N) is 1. The van der Waals surface area contributed by atoms with E-state index >= 15 is 0 Å². The van der Waals surface area contributed by atoms with Gasteiger partial charge in [0.25, 0.3) is 0 Å². The number of aliphatic hydroxyl groups is 1. The zero-order chi connectivity index (χ0) is 27.2. The van der Waals surface area contributed by atoms with Gasteiger partial charge in [-0.3, -0.25) is 9.69 Å². The Bertz CT molecular complexity index is 956. The molecule has 0 bridgehead atoms. The summed E-state index contributed by atoms with van der Waals surface area (Å²) in [5, 5.41) is 13.6. The van der Waals surface area contributed by atoms with Gasteiger partial charge in [0.05, 0.1) is 28.7 Å². The van der Waals surface area contributed by atoms with Gasteiger partial charge in [0.2, 0.25) is 5.91 Å². The summed E-state index contributed by atoms with van der Waals surface area (Å²) in [6.45, 7) is 4.84. The van der Waals surface area contributed by atoms with Gasteiger partial charge in [0, 0.05) is 25.2 Å². The molecular weight excluding hydrogens is 502 g/mol. The Balaban J connectivity index is 1.53. The number of alkyl halides is 6. The van der Waals surface area contributed by atoms with Crippen molar-refractivity contribution in [3.63, 3.8) is 0 Å². The highest BCUT2D eigenvalue weighted by Gasteiger charge is 2.56. The van der Waals surface area contributed by atoms with Crippen LogP contribution >= 0.6 is 0 Å². The zero-order valence-corrected chi connectivity index (χ0v) is 21.0. The molecule has 1 aliphatic carbocycles. The molecule has 2 saturated heterocycles. The van der Waals surface area contributed by atoms with Gasteiger partial charge in [-0.1, -0.05) is 0 Å². The highest BCUT2D eigenvalue weighted by molar-refractivity contribution is 5.84. The maximum atomic E-state index is 13.5. The monoisotopic (exact) mass is 536 g/mol. The van der Waals surface area contributed by atoms with E-state index in [9.17, 15) is 36.2 Å².